The number of nitrogens with one attached hydrogen (secondary N) is 1. The van der Waals surface area contributed by atoms with Crippen molar-refractivity contribution in [3.05, 3.63) is 5.01 Å². The predicted octanol–water partition coefficient (Wildman–Crippen LogP) is 2.13. The van der Waals surface area contributed by atoms with E-state index in [1.54, 1.807) is 11.3 Å². The van der Waals surface area contributed by atoms with E-state index in [0.29, 0.717) is 18.4 Å². The fraction of sp³-hybridized carbons (Fsp3) is 0.765. The molecule has 29 heavy (non-hydrogen) atoms. The first-order valence-electron chi connectivity index (χ1n) is 9.42. The summed E-state index contributed by atoms with van der Waals surface area (Å²) < 4.78 is 37.8. The van der Waals surface area contributed by atoms with Crippen LogP contribution in [0.15, 0.2) is 0 Å². The van der Waals surface area contributed by atoms with Crippen LogP contribution in [0.5, 0.6) is 0 Å². The number of nitrogens with zero attached hydrogens (tertiary/aromatic N) is 3. The van der Waals surface area contributed by atoms with Crippen molar-refractivity contribution in [2.45, 2.75) is 63.5 Å². The Kier molecular flexibility index (Phi) is 6.62. The van der Waals surface area contributed by atoms with Crippen molar-refractivity contribution < 1.29 is 32.6 Å². The minimum Gasteiger partial charge on any atom is -0.475 e. The van der Waals surface area contributed by atoms with Crippen molar-refractivity contribution in [2.24, 2.45) is 5.92 Å². The van der Waals surface area contributed by atoms with Gasteiger partial charge in [0.15, 0.2) is 0 Å². The van der Waals surface area contributed by atoms with Gasteiger partial charge in [0, 0.05) is 25.0 Å². The Labute approximate surface area is 169 Å². The summed E-state index contributed by atoms with van der Waals surface area (Å²) in [6.07, 6.45) is 0.269. The van der Waals surface area contributed by atoms with Gasteiger partial charge >= 0.3 is 12.1 Å². The van der Waals surface area contributed by atoms with E-state index in [9.17, 15) is 18.0 Å². The van der Waals surface area contributed by atoms with Crippen LogP contribution in [-0.4, -0.2) is 64.7 Å². The van der Waals surface area contributed by atoms with Gasteiger partial charge in [-0.2, -0.15) is 13.2 Å². The van der Waals surface area contributed by atoms with Crippen molar-refractivity contribution in [1.29, 1.82) is 0 Å². The molecule has 3 atom stereocenters. The molecule has 2 N–H and O–H groups in total. The maximum atomic E-state index is 12.0. The highest BCUT2D eigenvalue weighted by Crippen LogP contribution is 2.37. The van der Waals surface area contributed by atoms with Crippen LogP contribution < -0.4 is 10.2 Å². The molecule has 8 nitrogen and oxygen atoms in total. The van der Waals surface area contributed by atoms with E-state index in [2.05, 4.69) is 20.4 Å². The number of fused-ring (bicyclic) bond motifs is 1. The van der Waals surface area contributed by atoms with Gasteiger partial charge in [-0.05, 0) is 32.6 Å². The Hall–Kier alpha value is -1.95. The number of carboxylic acid groups (broad SMARTS) is 1. The molecule has 3 aliphatic rings. The minimum absolute atomic E-state index is 0.0911. The molecule has 1 aromatic heterocycles. The zero-order valence-corrected chi connectivity index (χ0v) is 16.6. The number of amides is 1. The molecule has 1 aromatic rings. The van der Waals surface area contributed by atoms with Crippen LogP contribution in [0.4, 0.5) is 18.3 Å². The highest BCUT2D eigenvalue weighted by molar-refractivity contribution is 7.15. The van der Waals surface area contributed by atoms with Gasteiger partial charge in [0.05, 0.1) is 18.6 Å². The molecule has 3 heterocycles. The predicted molar refractivity (Wildman–Crippen MR) is 97.7 cm³/mol. The molecule has 4 rings (SSSR count). The number of ether oxygens (including phenoxy) is 1. The maximum absolute atomic E-state index is 12.0. The maximum Gasteiger partial charge on any atom is 0.490 e. The van der Waals surface area contributed by atoms with Gasteiger partial charge < -0.3 is 20.1 Å². The van der Waals surface area contributed by atoms with Crippen LogP contribution in [0.25, 0.3) is 0 Å². The number of alkyl halides is 3. The number of anilines is 1. The average Bonchev–Trinajstić information content (AvgIpc) is 3.25. The summed E-state index contributed by atoms with van der Waals surface area (Å²) in [6.45, 7) is 3.82. The lowest BCUT2D eigenvalue weighted by molar-refractivity contribution is -0.192. The fourth-order valence-electron chi connectivity index (χ4n) is 3.61. The Morgan fingerprint density at radius 2 is 2.00 bits per heavy atom. The fourth-order valence-corrected chi connectivity index (χ4v) is 4.32. The monoisotopic (exact) mass is 436 g/mol. The first-order chi connectivity index (χ1) is 13.6. The molecular formula is C17H23F3N4O4S. The van der Waals surface area contributed by atoms with Crippen molar-refractivity contribution in [2.75, 3.05) is 18.0 Å². The van der Waals surface area contributed by atoms with Crippen LogP contribution in [0.2, 0.25) is 0 Å². The molecule has 1 amide bonds. The molecule has 0 radical (unpaired) electrons. The highest BCUT2D eigenvalue weighted by atomic mass is 32.1. The summed E-state index contributed by atoms with van der Waals surface area (Å²) >= 11 is 1.63. The van der Waals surface area contributed by atoms with Gasteiger partial charge in [0.1, 0.15) is 5.01 Å². The number of carbonyl (C=O) groups is 2. The van der Waals surface area contributed by atoms with E-state index < -0.39 is 12.1 Å². The SMILES string of the molecule is Cc1nnc(N2C[C@@H]3C[C@H](CC(=O)NC4CCC4)O[C@@H]3C2)s1.O=C(O)C(F)(F)F. The number of aliphatic carboxylic acids is 1. The van der Waals surface area contributed by atoms with E-state index in [4.69, 9.17) is 14.6 Å². The van der Waals surface area contributed by atoms with Gasteiger partial charge in [-0.1, -0.05) is 11.3 Å². The summed E-state index contributed by atoms with van der Waals surface area (Å²) in [5.41, 5.74) is 0. The third-order valence-corrected chi connectivity index (χ3v) is 6.13. The Morgan fingerprint density at radius 3 is 2.48 bits per heavy atom. The van der Waals surface area contributed by atoms with E-state index in [1.165, 1.54) is 6.42 Å². The second-order valence-electron chi connectivity index (χ2n) is 7.50. The smallest absolute Gasteiger partial charge is 0.475 e. The van der Waals surface area contributed by atoms with E-state index in [-0.39, 0.29) is 18.1 Å². The van der Waals surface area contributed by atoms with Crippen molar-refractivity contribution in [1.82, 2.24) is 15.5 Å². The molecule has 0 spiro atoms. The summed E-state index contributed by atoms with van der Waals surface area (Å²) in [5.74, 6) is -2.08. The molecule has 0 bridgehead atoms. The highest BCUT2D eigenvalue weighted by Gasteiger charge is 2.43. The first kappa shape index (κ1) is 21.8. The van der Waals surface area contributed by atoms with Gasteiger partial charge in [0.25, 0.3) is 0 Å². The van der Waals surface area contributed by atoms with E-state index >= 15 is 0 Å². The molecule has 0 unspecified atom stereocenters. The van der Waals surface area contributed by atoms with Gasteiger partial charge in [-0.25, -0.2) is 4.79 Å². The van der Waals surface area contributed by atoms with Crippen LogP contribution in [0.3, 0.4) is 0 Å². The van der Waals surface area contributed by atoms with Gasteiger partial charge in [-0.15, -0.1) is 10.2 Å². The zero-order chi connectivity index (χ0) is 21.2. The first-order valence-corrected chi connectivity index (χ1v) is 10.2. The van der Waals surface area contributed by atoms with E-state index in [0.717, 1.165) is 42.5 Å². The van der Waals surface area contributed by atoms with E-state index in [1.807, 2.05) is 6.92 Å². The quantitative estimate of drug-likeness (QED) is 0.745. The minimum atomic E-state index is -5.08. The molecule has 1 saturated carbocycles. The standard InChI is InChI=1S/C15H22N4O2S.C2HF3O2/c1-9-17-18-15(22-9)19-7-10-5-12(21-13(10)8-19)6-14(20)16-11-3-2-4-11;3-2(4,5)1(6)7/h10-13H,2-8H2,1H3,(H,16,20);(H,6,7)/t10-,12+,13+;/m0./s1. The third kappa shape index (κ3) is 5.78. The summed E-state index contributed by atoms with van der Waals surface area (Å²) in [5, 5.41) is 20.5. The second kappa shape index (κ2) is 8.82. The second-order valence-corrected chi connectivity index (χ2v) is 8.66. The van der Waals surface area contributed by atoms with Crippen LogP contribution in [0, 0.1) is 12.8 Å². The molecular weight excluding hydrogens is 413 g/mol. The number of carboxylic acids is 1. The molecule has 3 fully saturated rings. The number of hydrogen-bond donors (Lipinski definition) is 2. The number of halogens is 3. The Bertz CT molecular complexity index is 727. The van der Waals surface area contributed by atoms with Crippen LogP contribution >= 0.6 is 11.3 Å². The molecule has 2 aliphatic heterocycles. The van der Waals surface area contributed by atoms with Crippen molar-refractivity contribution >= 4 is 28.3 Å². The molecule has 12 heteroatoms. The average molecular weight is 436 g/mol. The lowest BCUT2D eigenvalue weighted by atomic mass is 9.93. The summed E-state index contributed by atoms with van der Waals surface area (Å²) in [6, 6.07) is 0.421. The summed E-state index contributed by atoms with van der Waals surface area (Å²) in [7, 11) is 0. The van der Waals surface area contributed by atoms with Crippen molar-refractivity contribution in [3.8, 4) is 0 Å². The molecule has 0 aromatic carbocycles. The van der Waals surface area contributed by atoms with Crippen molar-refractivity contribution in [3.63, 3.8) is 0 Å². The number of rotatable bonds is 4. The number of hydrogen-bond acceptors (Lipinski definition) is 7. The Morgan fingerprint density at radius 1 is 1.31 bits per heavy atom. The topological polar surface area (TPSA) is 105 Å². The number of carbonyl (C=O) groups excluding carboxylic acids is 1. The number of aryl methyl sites for hydroxylation is 1. The Balaban J connectivity index is 0.000000298. The lowest BCUT2D eigenvalue weighted by Gasteiger charge is -2.27. The van der Waals surface area contributed by atoms with Gasteiger partial charge in [-0.3, -0.25) is 4.79 Å². The number of aromatic nitrogens is 2. The van der Waals surface area contributed by atoms with Crippen LogP contribution in [-0.2, 0) is 14.3 Å². The molecule has 2 saturated heterocycles. The normalized spacial score (nSPS) is 26.3. The lowest BCUT2D eigenvalue weighted by Crippen LogP contribution is -2.40. The summed E-state index contributed by atoms with van der Waals surface area (Å²) in [4.78, 5) is 23.2. The largest absolute Gasteiger partial charge is 0.490 e. The molecule has 162 valence electrons. The third-order valence-electron chi connectivity index (χ3n) is 5.23. The zero-order valence-electron chi connectivity index (χ0n) is 15.8. The van der Waals surface area contributed by atoms with Gasteiger partial charge in [0.2, 0.25) is 11.0 Å². The van der Waals surface area contributed by atoms with Crippen LogP contribution in [0.1, 0.15) is 37.1 Å². The molecule has 1 aliphatic carbocycles.